The first-order valence-electron chi connectivity index (χ1n) is 7.62. The van der Waals surface area contributed by atoms with Gasteiger partial charge in [0.25, 0.3) is 5.56 Å². The number of aromatic nitrogens is 2. The van der Waals surface area contributed by atoms with E-state index in [-0.39, 0.29) is 18.0 Å². The van der Waals surface area contributed by atoms with E-state index < -0.39 is 5.97 Å². The fourth-order valence-electron chi connectivity index (χ4n) is 2.72. The molecule has 0 N–H and O–H groups in total. The zero-order valence-electron chi connectivity index (χ0n) is 13.1. The van der Waals surface area contributed by atoms with Crippen LogP contribution >= 0.6 is 0 Å². The number of hydrogen-bond acceptors (Lipinski definition) is 4. The molecule has 0 unspecified atom stereocenters. The minimum absolute atomic E-state index is 0.157. The maximum absolute atomic E-state index is 12.5. The number of carbonyl (C=O) groups excluding carboxylic acids is 1. The van der Waals surface area contributed by atoms with E-state index in [9.17, 15) is 9.59 Å². The van der Waals surface area contributed by atoms with Crippen LogP contribution in [0.5, 0.6) is 0 Å². The summed E-state index contributed by atoms with van der Waals surface area (Å²) in [5.41, 5.74) is 1.88. The lowest BCUT2D eigenvalue weighted by Crippen LogP contribution is -2.29. The largest absolute Gasteiger partial charge is 0.468 e. The molecule has 0 spiro atoms. The van der Waals surface area contributed by atoms with Gasteiger partial charge in [0.1, 0.15) is 6.54 Å². The van der Waals surface area contributed by atoms with Gasteiger partial charge in [-0.1, -0.05) is 19.9 Å². The normalized spacial score (nSPS) is 14.5. The van der Waals surface area contributed by atoms with Gasteiger partial charge in [-0.15, -0.1) is 0 Å². The minimum Gasteiger partial charge on any atom is -0.468 e. The van der Waals surface area contributed by atoms with Crippen LogP contribution in [-0.2, 0) is 16.1 Å². The Hall–Kier alpha value is -2.17. The van der Waals surface area contributed by atoms with Gasteiger partial charge in [-0.3, -0.25) is 9.59 Å². The summed E-state index contributed by atoms with van der Waals surface area (Å²) in [4.78, 5) is 24.0. The average Bonchev–Trinajstić information content (AvgIpc) is 3.33. The molecule has 116 valence electrons. The van der Waals surface area contributed by atoms with Gasteiger partial charge < -0.3 is 4.74 Å². The maximum Gasteiger partial charge on any atom is 0.327 e. The second-order valence-electron chi connectivity index (χ2n) is 6.16. The van der Waals surface area contributed by atoms with Crippen LogP contribution in [0, 0.1) is 0 Å². The molecule has 2 aromatic rings. The van der Waals surface area contributed by atoms with Gasteiger partial charge in [-0.25, -0.2) is 4.68 Å². The standard InChI is InChI=1S/C17H20N2O3/c1-10(2)16-14-8-12(11-4-5-11)6-7-13(14)17(21)19(18-16)9-15(20)22-3/h6-8,10-11H,4-5,9H2,1-3H3. The SMILES string of the molecule is COC(=O)Cn1nc(C(C)C)c2cc(C3CC3)ccc2c1=O. The van der Waals surface area contributed by atoms with E-state index in [1.807, 2.05) is 26.0 Å². The summed E-state index contributed by atoms with van der Waals surface area (Å²) in [6.07, 6.45) is 2.44. The van der Waals surface area contributed by atoms with Gasteiger partial charge in [0.15, 0.2) is 0 Å². The molecule has 0 atom stereocenters. The molecule has 1 saturated carbocycles. The van der Waals surface area contributed by atoms with Gasteiger partial charge in [-0.2, -0.15) is 5.10 Å². The third-order valence-corrected chi connectivity index (χ3v) is 4.12. The summed E-state index contributed by atoms with van der Waals surface area (Å²) in [6, 6.07) is 5.99. The van der Waals surface area contributed by atoms with Crippen molar-refractivity contribution in [1.29, 1.82) is 0 Å². The van der Waals surface area contributed by atoms with E-state index >= 15 is 0 Å². The third kappa shape index (κ3) is 2.63. The zero-order chi connectivity index (χ0) is 15.9. The number of benzene rings is 1. The highest BCUT2D eigenvalue weighted by Gasteiger charge is 2.24. The van der Waals surface area contributed by atoms with Crippen molar-refractivity contribution in [2.24, 2.45) is 0 Å². The Morgan fingerprint density at radius 3 is 2.68 bits per heavy atom. The van der Waals surface area contributed by atoms with E-state index in [0.29, 0.717) is 11.3 Å². The summed E-state index contributed by atoms with van der Waals surface area (Å²) in [6.45, 7) is 3.92. The second-order valence-corrected chi connectivity index (χ2v) is 6.16. The quantitative estimate of drug-likeness (QED) is 0.814. The molecule has 1 aromatic heterocycles. The molecule has 0 aliphatic heterocycles. The first-order valence-corrected chi connectivity index (χ1v) is 7.62. The molecule has 5 nitrogen and oxygen atoms in total. The number of fused-ring (bicyclic) bond motifs is 1. The number of ether oxygens (including phenoxy) is 1. The molecule has 0 radical (unpaired) electrons. The Morgan fingerprint density at radius 2 is 2.09 bits per heavy atom. The third-order valence-electron chi connectivity index (χ3n) is 4.12. The number of nitrogens with zero attached hydrogens (tertiary/aromatic N) is 2. The molecule has 1 aliphatic carbocycles. The van der Waals surface area contributed by atoms with Crippen molar-refractivity contribution in [1.82, 2.24) is 9.78 Å². The topological polar surface area (TPSA) is 61.2 Å². The maximum atomic E-state index is 12.5. The van der Waals surface area contributed by atoms with Gasteiger partial charge >= 0.3 is 5.97 Å². The number of esters is 1. The van der Waals surface area contributed by atoms with Crippen LogP contribution in [0.4, 0.5) is 0 Å². The lowest BCUT2D eigenvalue weighted by atomic mass is 9.99. The van der Waals surface area contributed by atoms with Crippen molar-refractivity contribution in [2.75, 3.05) is 7.11 Å². The highest BCUT2D eigenvalue weighted by molar-refractivity contribution is 5.85. The van der Waals surface area contributed by atoms with Crippen molar-refractivity contribution < 1.29 is 9.53 Å². The first-order chi connectivity index (χ1) is 10.5. The Kier molecular flexibility index (Phi) is 3.72. The van der Waals surface area contributed by atoms with Gasteiger partial charge in [0.05, 0.1) is 18.2 Å². The van der Waals surface area contributed by atoms with Crippen molar-refractivity contribution in [3.05, 3.63) is 39.8 Å². The van der Waals surface area contributed by atoms with Crippen molar-refractivity contribution in [2.45, 2.75) is 45.1 Å². The van der Waals surface area contributed by atoms with Crippen LogP contribution in [0.15, 0.2) is 23.0 Å². The molecule has 3 rings (SSSR count). The average molecular weight is 300 g/mol. The van der Waals surface area contributed by atoms with Crippen LogP contribution in [0.25, 0.3) is 10.8 Å². The molecule has 1 heterocycles. The summed E-state index contributed by atoms with van der Waals surface area (Å²) >= 11 is 0. The predicted octanol–water partition coefficient (Wildman–Crippen LogP) is 2.57. The smallest absolute Gasteiger partial charge is 0.327 e. The lowest BCUT2D eigenvalue weighted by molar-refractivity contribution is -0.141. The molecule has 1 fully saturated rings. The molecule has 0 amide bonds. The fraction of sp³-hybridized carbons (Fsp3) is 0.471. The molecular formula is C17H20N2O3. The lowest BCUT2D eigenvalue weighted by Gasteiger charge is -2.13. The fourth-order valence-corrected chi connectivity index (χ4v) is 2.72. The summed E-state index contributed by atoms with van der Waals surface area (Å²) in [7, 11) is 1.31. The van der Waals surface area contributed by atoms with Crippen LogP contribution < -0.4 is 5.56 Å². The highest BCUT2D eigenvalue weighted by atomic mass is 16.5. The van der Waals surface area contributed by atoms with E-state index in [1.165, 1.54) is 30.2 Å². The van der Waals surface area contributed by atoms with Crippen LogP contribution in [0.1, 0.15) is 49.8 Å². The van der Waals surface area contributed by atoms with E-state index in [1.54, 1.807) is 0 Å². The Balaban J connectivity index is 2.20. The van der Waals surface area contributed by atoms with Gasteiger partial charge in [0.2, 0.25) is 0 Å². The summed E-state index contributed by atoms with van der Waals surface area (Å²) in [5.74, 6) is 0.321. The van der Waals surface area contributed by atoms with Gasteiger partial charge in [-0.05, 0) is 42.4 Å². The molecule has 0 saturated heterocycles. The van der Waals surface area contributed by atoms with Crippen LogP contribution in [0.3, 0.4) is 0 Å². The monoisotopic (exact) mass is 300 g/mol. The Morgan fingerprint density at radius 1 is 1.36 bits per heavy atom. The zero-order valence-corrected chi connectivity index (χ0v) is 13.1. The van der Waals surface area contributed by atoms with Crippen LogP contribution in [0.2, 0.25) is 0 Å². The first kappa shape index (κ1) is 14.8. The summed E-state index contributed by atoms with van der Waals surface area (Å²) in [5, 5.41) is 5.94. The second kappa shape index (κ2) is 5.55. The number of hydrogen-bond donors (Lipinski definition) is 0. The number of methoxy groups -OCH3 is 1. The number of carbonyl (C=O) groups is 1. The predicted molar refractivity (Wildman–Crippen MR) is 84.1 cm³/mol. The van der Waals surface area contributed by atoms with Crippen LogP contribution in [-0.4, -0.2) is 22.9 Å². The molecule has 5 heteroatoms. The molecule has 0 bridgehead atoms. The molecular weight excluding hydrogens is 280 g/mol. The summed E-state index contributed by atoms with van der Waals surface area (Å²) < 4.78 is 5.85. The van der Waals surface area contributed by atoms with E-state index in [2.05, 4.69) is 15.9 Å². The van der Waals surface area contributed by atoms with Gasteiger partial charge in [0, 0.05) is 5.39 Å². The molecule has 1 aliphatic rings. The minimum atomic E-state index is -0.474. The Bertz CT molecular complexity index is 788. The van der Waals surface area contributed by atoms with Crippen molar-refractivity contribution in [3.8, 4) is 0 Å². The van der Waals surface area contributed by atoms with Crippen molar-refractivity contribution in [3.63, 3.8) is 0 Å². The Labute approximate surface area is 128 Å². The highest BCUT2D eigenvalue weighted by Crippen LogP contribution is 2.41. The number of rotatable bonds is 4. The van der Waals surface area contributed by atoms with E-state index in [4.69, 9.17) is 0 Å². The van der Waals surface area contributed by atoms with E-state index in [0.717, 1.165) is 11.1 Å². The molecule has 1 aromatic carbocycles. The molecule has 22 heavy (non-hydrogen) atoms. The van der Waals surface area contributed by atoms with Crippen molar-refractivity contribution >= 4 is 16.7 Å².